The van der Waals surface area contributed by atoms with Crippen LogP contribution in [0.3, 0.4) is 0 Å². The molecule has 0 radical (unpaired) electrons. The summed E-state index contributed by atoms with van der Waals surface area (Å²) in [5, 5.41) is 1.19. The Morgan fingerprint density at radius 3 is 2.31 bits per heavy atom. The number of ether oxygens (including phenoxy) is 1. The maximum absolute atomic E-state index is 12.7. The van der Waals surface area contributed by atoms with Crippen LogP contribution in [0.5, 0.6) is 5.75 Å². The fourth-order valence-corrected chi connectivity index (χ4v) is 4.09. The van der Waals surface area contributed by atoms with Gasteiger partial charge in [0.2, 0.25) is 0 Å². The van der Waals surface area contributed by atoms with Gasteiger partial charge in [0.15, 0.2) is 0 Å². The van der Waals surface area contributed by atoms with E-state index in [1.54, 1.807) is 30.3 Å². The van der Waals surface area contributed by atoms with Crippen molar-refractivity contribution in [3.63, 3.8) is 0 Å². The third kappa shape index (κ3) is 4.03. The highest BCUT2D eigenvalue weighted by Gasteiger charge is 2.31. The topological polar surface area (TPSA) is 55.4 Å². The van der Waals surface area contributed by atoms with E-state index in [1.807, 2.05) is 0 Å². The van der Waals surface area contributed by atoms with Gasteiger partial charge in [0.05, 0.1) is 10.6 Å². The molecule has 0 aliphatic rings. The molecule has 0 bridgehead atoms. The van der Waals surface area contributed by atoms with Crippen LogP contribution in [-0.4, -0.2) is 14.8 Å². The van der Waals surface area contributed by atoms with Crippen LogP contribution < -0.4 is 9.46 Å². The van der Waals surface area contributed by atoms with Crippen molar-refractivity contribution in [1.29, 1.82) is 0 Å². The molecule has 0 atom stereocenters. The molecule has 0 unspecified atom stereocenters. The number of rotatable bonds is 4. The van der Waals surface area contributed by atoms with Crippen LogP contribution in [0, 0.1) is 0 Å². The van der Waals surface area contributed by atoms with E-state index < -0.39 is 22.1 Å². The number of anilines is 1. The predicted molar refractivity (Wildman–Crippen MR) is 92.9 cm³/mol. The normalized spacial score (nSPS) is 12.2. The van der Waals surface area contributed by atoms with Gasteiger partial charge in [-0.05, 0) is 29.7 Å². The van der Waals surface area contributed by atoms with Crippen molar-refractivity contribution in [3.8, 4) is 5.75 Å². The molecule has 0 saturated carbocycles. The maximum atomic E-state index is 12.7. The quantitative estimate of drug-likeness (QED) is 0.654. The van der Waals surface area contributed by atoms with Crippen LogP contribution in [-0.2, 0) is 10.0 Å². The Bertz CT molecular complexity index is 1060. The summed E-state index contributed by atoms with van der Waals surface area (Å²) in [4.78, 5) is -0.0808. The van der Waals surface area contributed by atoms with Crippen molar-refractivity contribution in [3.05, 3.63) is 65.7 Å². The van der Waals surface area contributed by atoms with Gasteiger partial charge >= 0.3 is 6.36 Å². The standard InChI is InChI=1S/C17H11ClF3NO3S/c18-14-8-1-4-11-5-2-9-15(16(11)14)26(23,24)22-12-6-3-7-13(10-12)25-17(19,20)21/h1-10,22H. The number of hydrogen-bond donors (Lipinski definition) is 1. The molecule has 0 amide bonds. The second-order valence-corrected chi connectivity index (χ2v) is 7.33. The van der Waals surface area contributed by atoms with Gasteiger partial charge in [-0.15, -0.1) is 13.2 Å². The van der Waals surface area contributed by atoms with E-state index in [1.165, 1.54) is 18.2 Å². The van der Waals surface area contributed by atoms with Crippen molar-refractivity contribution in [2.75, 3.05) is 4.72 Å². The molecule has 136 valence electrons. The molecule has 26 heavy (non-hydrogen) atoms. The minimum atomic E-state index is -4.87. The summed E-state index contributed by atoms with van der Waals surface area (Å²) in [7, 11) is -4.09. The van der Waals surface area contributed by atoms with Gasteiger partial charge < -0.3 is 4.74 Å². The highest BCUT2D eigenvalue weighted by Crippen LogP contribution is 2.32. The van der Waals surface area contributed by atoms with E-state index in [9.17, 15) is 21.6 Å². The van der Waals surface area contributed by atoms with Crippen LogP contribution in [0.15, 0.2) is 65.6 Å². The molecule has 3 aromatic rings. The van der Waals surface area contributed by atoms with Gasteiger partial charge in [-0.25, -0.2) is 8.42 Å². The first-order chi connectivity index (χ1) is 12.2. The second kappa shape index (κ2) is 6.69. The molecule has 0 aliphatic carbocycles. The molecule has 1 N–H and O–H groups in total. The molecule has 0 saturated heterocycles. The lowest BCUT2D eigenvalue weighted by atomic mass is 10.1. The molecule has 0 fully saturated rings. The number of benzene rings is 3. The average molecular weight is 402 g/mol. The molecular weight excluding hydrogens is 391 g/mol. The summed E-state index contributed by atoms with van der Waals surface area (Å²) in [5.74, 6) is -0.534. The lowest BCUT2D eigenvalue weighted by Crippen LogP contribution is -2.17. The van der Waals surface area contributed by atoms with Gasteiger partial charge in [0.25, 0.3) is 10.0 Å². The van der Waals surface area contributed by atoms with Crippen LogP contribution in [0.1, 0.15) is 0 Å². The Labute approximate surface area is 152 Å². The van der Waals surface area contributed by atoms with E-state index in [4.69, 9.17) is 11.6 Å². The Morgan fingerprint density at radius 2 is 1.62 bits per heavy atom. The number of halogens is 4. The molecule has 0 aliphatic heterocycles. The molecule has 0 aromatic heterocycles. The Kier molecular flexibility index (Phi) is 4.72. The Morgan fingerprint density at radius 1 is 0.962 bits per heavy atom. The van der Waals surface area contributed by atoms with Gasteiger partial charge in [0.1, 0.15) is 5.75 Å². The van der Waals surface area contributed by atoms with Crippen LogP contribution in [0.25, 0.3) is 10.8 Å². The van der Waals surface area contributed by atoms with E-state index in [2.05, 4.69) is 9.46 Å². The monoisotopic (exact) mass is 401 g/mol. The third-order valence-electron chi connectivity index (χ3n) is 3.42. The molecule has 0 spiro atoms. The zero-order valence-corrected chi connectivity index (χ0v) is 14.5. The highest BCUT2D eigenvalue weighted by molar-refractivity contribution is 7.93. The van der Waals surface area contributed by atoms with E-state index in [0.717, 1.165) is 12.1 Å². The fourth-order valence-electron chi connectivity index (χ4n) is 2.45. The number of alkyl halides is 3. The number of hydrogen-bond acceptors (Lipinski definition) is 3. The molecular formula is C17H11ClF3NO3S. The fraction of sp³-hybridized carbons (Fsp3) is 0.0588. The zero-order valence-electron chi connectivity index (χ0n) is 12.9. The third-order valence-corrected chi connectivity index (χ3v) is 5.16. The van der Waals surface area contributed by atoms with Crippen molar-refractivity contribution >= 4 is 38.1 Å². The lowest BCUT2D eigenvalue weighted by Gasteiger charge is -2.13. The van der Waals surface area contributed by atoms with Crippen LogP contribution in [0.4, 0.5) is 18.9 Å². The number of sulfonamides is 1. The predicted octanol–water partition coefficient (Wildman–Crippen LogP) is 5.19. The van der Waals surface area contributed by atoms with Crippen molar-refractivity contribution < 1.29 is 26.3 Å². The second-order valence-electron chi connectivity index (χ2n) is 5.28. The zero-order chi connectivity index (χ0) is 18.9. The first-order valence-electron chi connectivity index (χ1n) is 7.22. The van der Waals surface area contributed by atoms with E-state index in [0.29, 0.717) is 10.8 Å². The first kappa shape index (κ1) is 18.3. The Balaban J connectivity index is 2.00. The number of nitrogens with one attached hydrogen (secondary N) is 1. The van der Waals surface area contributed by atoms with E-state index >= 15 is 0 Å². The summed E-state index contributed by atoms with van der Waals surface area (Å²) >= 11 is 6.13. The minimum Gasteiger partial charge on any atom is -0.406 e. The highest BCUT2D eigenvalue weighted by atomic mass is 35.5. The summed E-state index contributed by atoms with van der Waals surface area (Å²) in [6.45, 7) is 0. The van der Waals surface area contributed by atoms with E-state index in [-0.39, 0.29) is 15.6 Å². The van der Waals surface area contributed by atoms with Gasteiger partial charge in [-0.2, -0.15) is 0 Å². The summed E-state index contributed by atoms with van der Waals surface area (Å²) in [5.41, 5.74) is -0.0733. The van der Waals surface area contributed by atoms with Crippen molar-refractivity contribution in [2.45, 2.75) is 11.3 Å². The summed E-state index contributed by atoms with van der Waals surface area (Å²) in [6.07, 6.45) is -4.87. The summed E-state index contributed by atoms with van der Waals surface area (Å²) in [6, 6.07) is 14.1. The van der Waals surface area contributed by atoms with Crippen LogP contribution in [0.2, 0.25) is 5.02 Å². The smallest absolute Gasteiger partial charge is 0.406 e. The SMILES string of the molecule is O=S(=O)(Nc1cccc(OC(F)(F)F)c1)c1cccc2cccc(Cl)c12. The van der Waals surface area contributed by atoms with Crippen molar-refractivity contribution in [1.82, 2.24) is 0 Å². The largest absolute Gasteiger partial charge is 0.573 e. The molecule has 9 heteroatoms. The molecule has 0 heterocycles. The minimum absolute atomic E-state index is 0.0733. The maximum Gasteiger partial charge on any atom is 0.573 e. The Hall–Kier alpha value is -2.45. The first-order valence-corrected chi connectivity index (χ1v) is 9.08. The van der Waals surface area contributed by atoms with Crippen molar-refractivity contribution in [2.24, 2.45) is 0 Å². The number of fused-ring (bicyclic) bond motifs is 1. The molecule has 4 nitrogen and oxygen atoms in total. The van der Waals surface area contributed by atoms with Gasteiger partial charge in [-0.3, -0.25) is 4.72 Å². The van der Waals surface area contributed by atoms with Crippen LogP contribution >= 0.6 is 11.6 Å². The van der Waals surface area contributed by atoms with Gasteiger partial charge in [0, 0.05) is 16.5 Å². The summed E-state index contributed by atoms with van der Waals surface area (Å²) < 4.78 is 68.5. The molecule has 3 rings (SSSR count). The lowest BCUT2D eigenvalue weighted by molar-refractivity contribution is -0.274. The molecule has 3 aromatic carbocycles. The van der Waals surface area contributed by atoms with Gasteiger partial charge in [-0.1, -0.05) is 41.9 Å². The average Bonchev–Trinajstić information content (AvgIpc) is 2.53.